The summed E-state index contributed by atoms with van der Waals surface area (Å²) < 4.78 is 13.5. The van der Waals surface area contributed by atoms with Crippen LogP contribution in [0.5, 0.6) is 0 Å². The summed E-state index contributed by atoms with van der Waals surface area (Å²) in [4.78, 5) is 7.62. The van der Waals surface area contributed by atoms with E-state index in [2.05, 4.69) is 9.97 Å². The second-order valence-electron chi connectivity index (χ2n) is 5.45. The lowest BCUT2D eigenvalue weighted by molar-refractivity contribution is 0.628. The third kappa shape index (κ3) is 2.44. The Morgan fingerprint density at radius 1 is 0.913 bits per heavy atom. The van der Waals surface area contributed by atoms with E-state index < -0.39 is 0 Å². The molecule has 0 saturated heterocycles. The molecule has 3 nitrogen and oxygen atoms in total. The summed E-state index contributed by atoms with van der Waals surface area (Å²) in [6, 6.07) is 16.3. The molecule has 0 atom stereocenters. The summed E-state index contributed by atoms with van der Waals surface area (Å²) in [7, 11) is 0. The second kappa shape index (κ2) is 5.25. The maximum absolute atomic E-state index is 13.5. The van der Waals surface area contributed by atoms with Crippen LogP contribution in [0.4, 0.5) is 10.1 Å². The van der Waals surface area contributed by atoms with E-state index in [4.69, 9.17) is 5.73 Å². The number of nitrogens with zero attached hydrogens (tertiary/aromatic N) is 1. The SMILES string of the molecule is Nc1ccc(-c2c[nH]c3ncc(-c4cccc(F)c4)cc23)cc1. The fourth-order valence-electron chi connectivity index (χ4n) is 2.73. The van der Waals surface area contributed by atoms with Gasteiger partial charge in [-0.15, -0.1) is 0 Å². The summed E-state index contributed by atoms with van der Waals surface area (Å²) >= 11 is 0. The Morgan fingerprint density at radius 2 is 1.74 bits per heavy atom. The molecule has 4 rings (SSSR count). The smallest absolute Gasteiger partial charge is 0.137 e. The molecule has 3 N–H and O–H groups in total. The molecule has 4 aromatic rings. The van der Waals surface area contributed by atoms with Crippen molar-refractivity contribution < 1.29 is 4.39 Å². The summed E-state index contributed by atoms with van der Waals surface area (Å²) in [5, 5.41) is 0.997. The van der Waals surface area contributed by atoms with Crippen LogP contribution in [0.2, 0.25) is 0 Å². The molecule has 0 aliphatic rings. The van der Waals surface area contributed by atoms with Gasteiger partial charge in [0.25, 0.3) is 0 Å². The Kier molecular flexibility index (Phi) is 3.08. The molecule has 0 amide bonds. The van der Waals surface area contributed by atoms with E-state index >= 15 is 0 Å². The molecule has 2 aromatic carbocycles. The quantitative estimate of drug-likeness (QED) is 0.531. The van der Waals surface area contributed by atoms with Gasteiger partial charge in [-0.05, 0) is 41.5 Å². The van der Waals surface area contributed by atoms with Crippen molar-refractivity contribution in [2.24, 2.45) is 0 Å². The van der Waals surface area contributed by atoms with Gasteiger partial charge in [-0.1, -0.05) is 24.3 Å². The molecule has 4 heteroatoms. The van der Waals surface area contributed by atoms with E-state index in [0.29, 0.717) is 0 Å². The Balaban J connectivity index is 1.88. The number of nitrogen functional groups attached to an aromatic ring is 1. The van der Waals surface area contributed by atoms with Crippen LogP contribution in [-0.2, 0) is 0 Å². The van der Waals surface area contributed by atoms with Gasteiger partial charge in [-0.2, -0.15) is 0 Å². The van der Waals surface area contributed by atoms with Crippen LogP contribution in [0.25, 0.3) is 33.3 Å². The molecular weight excluding hydrogens is 289 g/mol. The molecule has 0 aliphatic heterocycles. The number of nitrogens with one attached hydrogen (secondary N) is 1. The standard InChI is InChI=1S/C19H14FN3/c20-15-3-1-2-13(8-15)14-9-17-18(11-23-19(17)22-10-14)12-4-6-16(21)7-5-12/h1-11H,21H2,(H,22,23). The fraction of sp³-hybridized carbons (Fsp3) is 0. The average molecular weight is 303 g/mol. The number of benzene rings is 2. The lowest BCUT2D eigenvalue weighted by atomic mass is 10.0. The number of hydrogen-bond donors (Lipinski definition) is 2. The summed E-state index contributed by atoms with van der Waals surface area (Å²) in [6.07, 6.45) is 3.68. The van der Waals surface area contributed by atoms with Crippen molar-refractivity contribution in [2.45, 2.75) is 0 Å². The third-order valence-corrected chi connectivity index (χ3v) is 3.91. The van der Waals surface area contributed by atoms with Gasteiger partial charge in [-0.25, -0.2) is 9.37 Å². The molecular formula is C19H14FN3. The van der Waals surface area contributed by atoms with Gasteiger partial charge in [-0.3, -0.25) is 0 Å². The number of anilines is 1. The second-order valence-corrected chi connectivity index (χ2v) is 5.45. The zero-order valence-corrected chi connectivity index (χ0v) is 12.3. The minimum Gasteiger partial charge on any atom is -0.399 e. The molecule has 0 fully saturated rings. The van der Waals surface area contributed by atoms with Crippen molar-refractivity contribution in [1.82, 2.24) is 9.97 Å². The van der Waals surface area contributed by atoms with E-state index in [1.807, 2.05) is 42.6 Å². The van der Waals surface area contributed by atoms with Crippen LogP contribution >= 0.6 is 0 Å². The maximum atomic E-state index is 13.5. The van der Waals surface area contributed by atoms with Crippen molar-refractivity contribution in [1.29, 1.82) is 0 Å². The Morgan fingerprint density at radius 3 is 2.52 bits per heavy atom. The minimum atomic E-state index is -0.254. The van der Waals surface area contributed by atoms with Crippen molar-refractivity contribution in [2.75, 3.05) is 5.73 Å². The Bertz CT molecular complexity index is 987. The minimum absolute atomic E-state index is 0.254. The zero-order valence-electron chi connectivity index (χ0n) is 12.3. The highest BCUT2D eigenvalue weighted by atomic mass is 19.1. The van der Waals surface area contributed by atoms with Crippen LogP contribution in [0, 0.1) is 5.82 Å². The number of fused-ring (bicyclic) bond motifs is 1. The van der Waals surface area contributed by atoms with Crippen molar-refractivity contribution in [3.8, 4) is 22.3 Å². The first-order chi connectivity index (χ1) is 11.2. The van der Waals surface area contributed by atoms with Gasteiger partial charge >= 0.3 is 0 Å². The third-order valence-electron chi connectivity index (χ3n) is 3.91. The number of aromatic amines is 1. The number of hydrogen-bond acceptors (Lipinski definition) is 2. The topological polar surface area (TPSA) is 54.7 Å². The largest absolute Gasteiger partial charge is 0.399 e. The highest BCUT2D eigenvalue weighted by Crippen LogP contribution is 2.31. The molecule has 0 saturated carbocycles. The van der Waals surface area contributed by atoms with E-state index in [9.17, 15) is 4.39 Å². The number of nitrogens with two attached hydrogens (primary N) is 1. The fourth-order valence-corrected chi connectivity index (χ4v) is 2.73. The van der Waals surface area contributed by atoms with Crippen LogP contribution in [-0.4, -0.2) is 9.97 Å². The normalized spacial score (nSPS) is 11.0. The van der Waals surface area contributed by atoms with E-state index in [0.717, 1.165) is 39.0 Å². The van der Waals surface area contributed by atoms with E-state index in [-0.39, 0.29) is 5.82 Å². The lowest BCUT2D eigenvalue weighted by Crippen LogP contribution is -1.85. The molecule has 0 bridgehead atoms. The lowest BCUT2D eigenvalue weighted by Gasteiger charge is -2.04. The van der Waals surface area contributed by atoms with Gasteiger partial charge in [0.05, 0.1) is 0 Å². The summed E-state index contributed by atoms with van der Waals surface area (Å²) in [5.74, 6) is -0.254. The Hall–Kier alpha value is -3.14. The Labute approximate surface area is 132 Å². The number of H-pyrrole nitrogens is 1. The van der Waals surface area contributed by atoms with Gasteiger partial charge in [0.2, 0.25) is 0 Å². The predicted octanol–water partition coefficient (Wildman–Crippen LogP) is 4.62. The molecule has 23 heavy (non-hydrogen) atoms. The summed E-state index contributed by atoms with van der Waals surface area (Å²) in [6.45, 7) is 0. The van der Waals surface area contributed by atoms with Gasteiger partial charge in [0.15, 0.2) is 0 Å². The van der Waals surface area contributed by atoms with Crippen molar-refractivity contribution >= 4 is 16.7 Å². The number of rotatable bonds is 2. The molecule has 112 valence electrons. The van der Waals surface area contributed by atoms with E-state index in [1.54, 1.807) is 12.3 Å². The first-order valence-electron chi connectivity index (χ1n) is 7.30. The highest BCUT2D eigenvalue weighted by Gasteiger charge is 2.09. The van der Waals surface area contributed by atoms with Crippen LogP contribution in [0.15, 0.2) is 67.0 Å². The van der Waals surface area contributed by atoms with Crippen molar-refractivity contribution in [3.63, 3.8) is 0 Å². The predicted molar refractivity (Wildman–Crippen MR) is 91.3 cm³/mol. The first kappa shape index (κ1) is 13.5. The molecule has 0 radical (unpaired) electrons. The molecule has 2 aromatic heterocycles. The van der Waals surface area contributed by atoms with Crippen molar-refractivity contribution in [3.05, 3.63) is 72.8 Å². The monoisotopic (exact) mass is 303 g/mol. The van der Waals surface area contributed by atoms with E-state index in [1.165, 1.54) is 12.1 Å². The van der Waals surface area contributed by atoms with Crippen LogP contribution in [0.3, 0.4) is 0 Å². The molecule has 0 spiro atoms. The number of aromatic nitrogens is 2. The zero-order chi connectivity index (χ0) is 15.8. The molecule has 0 unspecified atom stereocenters. The van der Waals surface area contributed by atoms with Gasteiger partial charge in [0.1, 0.15) is 11.5 Å². The summed E-state index contributed by atoms with van der Waals surface area (Å²) in [5.41, 5.74) is 11.1. The molecule has 0 aliphatic carbocycles. The first-order valence-corrected chi connectivity index (χ1v) is 7.30. The molecule has 2 heterocycles. The maximum Gasteiger partial charge on any atom is 0.137 e. The number of pyridine rings is 1. The number of halogens is 1. The van der Waals surface area contributed by atoms with Gasteiger partial charge in [0, 0.05) is 34.6 Å². The van der Waals surface area contributed by atoms with Crippen LogP contribution in [0.1, 0.15) is 0 Å². The van der Waals surface area contributed by atoms with Crippen LogP contribution < -0.4 is 5.73 Å². The van der Waals surface area contributed by atoms with Gasteiger partial charge < -0.3 is 10.7 Å². The average Bonchev–Trinajstić information content (AvgIpc) is 2.99. The highest BCUT2D eigenvalue weighted by molar-refractivity contribution is 5.95.